The van der Waals surface area contributed by atoms with E-state index in [1.54, 1.807) is 7.11 Å². The third kappa shape index (κ3) is 3.07. The number of carbonyl (C=O) groups is 1. The molecule has 0 fully saturated rings. The summed E-state index contributed by atoms with van der Waals surface area (Å²) in [7, 11) is 1.66. The Bertz CT molecular complexity index is 634. The van der Waals surface area contributed by atoms with Crippen molar-refractivity contribution in [3.63, 3.8) is 0 Å². The number of rotatable bonds is 4. The number of methoxy groups -OCH3 is 1. The minimum atomic E-state index is -0.0430. The summed E-state index contributed by atoms with van der Waals surface area (Å²) >= 11 is 0. The molecule has 0 unspecified atom stereocenters. The molecule has 0 saturated carbocycles. The van der Waals surface area contributed by atoms with Gasteiger partial charge in [-0.3, -0.25) is 4.79 Å². The highest BCUT2D eigenvalue weighted by molar-refractivity contribution is 5.96. The predicted octanol–water partition coefficient (Wildman–Crippen LogP) is 3.66. The number of benzene rings is 2. The van der Waals surface area contributed by atoms with Crippen LogP contribution in [0, 0.1) is 0 Å². The third-order valence-corrected chi connectivity index (χ3v) is 3.81. The van der Waals surface area contributed by atoms with Crippen LogP contribution >= 0.6 is 0 Å². The SMILES string of the molecule is COc1ccc2c(c1)CC[C@H](CC(=O)c1ccccc1)O2. The van der Waals surface area contributed by atoms with Crippen LogP contribution in [0.2, 0.25) is 0 Å². The van der Waals surface area contributed by atoms with E-state index in [1.165, 1.54) is 0 Å². The van der Waals surface area contributed by atoms with Crippen LogP contribution < -0.4 is 9.47 Å². The van der Waals surface area contributed by atoms with E-state index in [0.717, 1.165) is 35.5 Å². The molecule has 0 radical (unpaired) electrons. The zero-order chi connectivity index (χ0) is 14.7. The van der Waals surface area contributed by atoms with Gasteiger partial charge in [-0.1, -0.05) is 30.3 Å². The van der Waals surface area contributed by atoms with E-state index in [1.807, 2.05) is 48.5 Å². The van der Waals surface area contributed by atoms with Gasteiger partial charge in [-0.05, 0) is 36.6 Å². The van der Waals surface area contributed by atoms with Crippen LogP contribution in [0.15, 0.2) is 48.5 Å². The maximum absolute atomic E-state index is 12.2. The first kappa shape index (κ1) is 13.7. The highest BCUT2D eigenvalue weighted by Gasteiger charge is 2.23. The molecule has 0 amide bonds. The lowest BCUT2D eigenvalue weighted by Gasteiger charge is -2.26. The molecule has 0 spiro atoms. The summed E-state index contributed by atoms with van der Waals surface area (Å²) in [5.41, 5.74) is 1.90. The van der Waals surface area contributed by atoms with Gasteiger partial charge < -0.3 is 9.47 Å². The minimum Gasteiger partial charge on any atom is -0.497 e. The first-order valence-electron chi connectivity index (χ1n) is 7.18. The van der Waals surface area contributed by atoms with Gasteiger partial charge in [0.1, 0.15) is 17.6 Å². The van der Waals surface area contributed by atoms with Gasteiger partial charge >= 0.3 is 0 Å². The van der Waals surface area contributed by atoms with Crippen LogP contribution in [0.3, 0.4) is 0 Å². The van der Waals surface area contributed by atoms with Crippen LogP contribution in [0.1, 0.15) is 28.8 Å². The second-order valence-corrected chi connectivity index (χ2v) is 5.25. The molecule has 0 saturated heterocycles. The lowest BCUT2D eigenvalue weighted by Crippen LogP contribution is -2.25. The summed E-state index contributed by atoms with van der Waals surface area (Å²) in [4.78, 5) is 12.2. The smallest absolute Gasteiger partial charge is 0.166 e. The molecule has 0 bridgehead atoms. The molecular weight excluding hydrogens is 264 g/mol. The van der Waals surface area contributed by atoms with Crippen molar-refractivity contribution in [2.45, 2.75) is 25.4 Å². The summed E-state index contributed by atoms with van der Waals surface area (Å²) in [6, 6.07) is 15.2. The van der Waals surface area contributed by atoms with Crippen molar-refractivity contribution < 1.29 is 14.3 Å². The van der Waals surface area contributed by atoms with E-state index in [-0.39, 0.29) is 11.9 Å². The average Bonchev–Trinajstić information content (AvgIpc) is 2.55. The maximum Gasteiger partial charge on any atom is 0.166 e. The van der Waals surface area contributed by atoms with Crippen molar-refractivity contribution >= 4 is 5.78 Å². The third-order valence-electron chi connectivity index (χ3n) is 3.81. The largest absolute Gasteiger partial charge is 0.497 e. The van der Waals surface area contributed by atoms with Gasteiger partial charge in [-0.25, -0.2) is 0 Å². The Morgan fingerprint density at radius 2 is 2.05 bits per heavy atom. The summed E-state index contributed by atoms with van der Waals surface area (Å²) < 4.78 is 11.2. The van der Waals surface area contributed by atoms with E-state index in [2.05, 4.69) is 0 Å². The van der Waals surface area contributed by atoms with Crippen molar-refractivity contribution in [1.29, 1.82) is 0 Å². The van der Waals surface area contributed by atoms with Gasteiger partial charge in [0, 0.05) is 12.0 Å². The van der Waals surface area contributed by atoms with Crippen molar-refractivity contribution in [1.82, 2.24) is 0 Å². The summed E-state index contributed by atoms with van der Waals surface area (Å²) in [5, 5.41) is 0. The number of Topliss-reactive ketones (excluding diaryl/α,β-unsaturated/α-hetero) is 1. The maximum atomic E-state index is 12.2. The Morgan fingerprint density at radius 1 is 1.24 bits per heavy atom. The fourth-order valence-corrected chi connectivity index (χ4v) is 2.64. The standard InChI is InChI=1S/C18H18O3/c1-20-15-9-10-18-14(11-15)7-8-16(21-18)12-17(19)13-5-3-2-4-6-13/h2-6,9-11,16H,7-8,12H2,1H3/t16-/m1/s1. The first-order chi connectivity index (χ1) is 10.3. The van der Waals surface area contributed by atoms with E-state index < -0.39 is 0 Å². The Morgan fingerprint density at radius 3 is 2.81 bits per heavy atom. The number of hydrogen-bond acceptors (Lipinski definition) is 3. The molecule has 0 aliphatic carbocycles. The molecule has 3 heteroatoms. The summed E-state index contributed by atoms with van der Waals surface area (Å²) in [6.45, 7) is 0. The van der Waals surface area contributed by atoms with Crippen molar-refractivity contribution in [3.05, 3.63) is 59.7 Å². The Labute approximate surface area is 124 Å². The number of fused-ring (bicyclic) bond motifs is 1. The van der Waals surface area contributed by atoms with Crippen LogP contribution in [0.4, 0.5) is 0 Å². The van der Waals surface area contributed by atoms with Gasteiger partial charge in [-0.15, -0.1) is 0 Å². The lowest BCUT2D eigenvalue weighted by atomic mass is 9.97. The van der Waals surface area contributed by atoms with E-state index in [9.17, 15) is 4.79 Å². The normalized spacial score (nSPS) is 16.7. The quantitative estimate of drug-likeness (QED) is 0.803. The minimum absolute atomic E-state index is 0.0430. The van der Waals surface area contributed by atoms with Gasteiger partial charge in [0.05, 0.1) is 7.11 Å². The van der Waals surface area contributed by atoms with E-state index in [0.29, 0.717) is 6.42 Å². The van der Waals surface area contributed by atoms with Crippen LogP contribution in [0.5, 0.6) is 11.5 Å². The van der Waals surface area contributed by atoms with Gasteiger partial charge in [-0.2, -0.15) is 0 Å². The fourth-order valence-electron chi connectivity index (χ4n) is 2.64. The average molecular weight is 282 g/mol. The fraction of sp³-hybridized carbons (Fsp3) is 0.278. The summed E-state index contributed by atoms with van der Waals surface area (Å²) in [6.07, 6.45) is 2.16. The highest BCUT2D eigenvalue weighted by Crippen LogP contribution is 2.32. The molecule has 2 aromatic carbocycles. The molecule has 1 heterocycles. The molecule has 0 N–H and O–H groups in total. The highest BCUT2D eigenvalue weighted by atomic mass is 16.5. The lowest BCUT2D eigenvalue weighted by molar-refractivity contribution is 0.0883. The predicted molar refractivity (Wildman–Crippen MR) is 81.1 cm³/mol. The molecular formula is C18H18O3. The Hall–Kier alpha value is -2.29. The monoisotopic (exact) mass is 282 g/mol. The van der Waals surface area contributed by atoms with Crippen LogP contribution in [-0.4, -0.2) is 19.0 Å². The van der Waals surface area contributed by atoms with Crippen molar-refractivity contribution in [2.75, 3.05) is 7.11 Å². The number of ketones is 1. The molecule has 3 nitrogen and oxygen atoms in total. The Balaban J connectivity index is 1.68. The van der Waals surface area contributed by atoms with Crippen molar-refractivity contribution in [3.8, 4) is 11.5 Å². The number of carbonyl (C=O) groups excluding carboxylic acids is 1. The van der Waals surface area contributed by atoms with Crippen LogP contribution in [-0.2, 0) is 6.42 Å². The number of hydrogen-bond donors (Lipinski definition) is 0. The first-order valence-corrected chi connectivity index (χ1v) is 7.18. The second-order valence-electron chi connectivity index (χ2n) is 5.25. The molecule has 0 aromatic heterocycles. The van der Waals surface area contributed by atoms with Gasteiger partial charge in [0.25, 0.3) is 0 Å². The molecule has 21 heavy (non-hydrogen) atoms. The second kappa shape index (κ2) is 6.00. The summed E-state index contributed by atoms with van der Waals surface area (Å²) in [5.74, 6) is 1.85. The number of ether oxygens (including phenoxy) is 2. The molecule has 1 atom stereocenters. The topological polar surface area (TPSA) is 35.5 Å². The number of aryl methyl sites for hydroxylation is 1. The van der Waals surface area contributed by atoms with Gasteiger partial charge in [0.15, 0.2) is 5.78 Å². The molecule has 108 valence electrons. The van der Waals surface area contributed by atoms with Crippen LogP contribution in [0.25, 0.3) is 0 Å². The van der Waals surface area contributed by atoms with E-state index >= 15 is 0 Å². The zero-order valence-corrected chi connectivity index (χ0v) is 12.0. The van der Waals surface area contributed by atoms with Crippen molar-refractivity contribution in [2.24, 2.45) is 0 Å². The van der Waals surface area contributed by atoms with Gasteiger partial charge in [0.2, 0.25) is 0 Å². The molecule has 3 rings (SSSR count). The molecule has 1 aliphatic heterocycles. The van der Waals surface area contributed by atoms with E-state index in [4.69, 9.17) is 9.47 Å². The molecule has 2 aromatic rings. The Kier molecular flexibility index (Phi) is 3.91. The zero-order valence-electron chi connectivity index (χ0n) is 12.0. The molecule has 1 aliphatic rings.